The third-order valence-corrected chi connectivity index (χ3v) is 3.15. The van der Waals surface area contributed by atoms with Crippen LogP contribution in [-0.2, 0) is 0 Å². The number of rotatable bonds is 4. The van der Waals surface area contributed by atoms with E-state index in [4.69, 9.17) is 16.3 Å². The van der Waals surface area contributed by atoms with Gasteiger partial charge in [-0.25, -0.2) is 4.98 Å². The van der Waals surface area contributed by atoms with Gasteiger partial charge in [0.25, 0.3) is 0 Å². The summed E-state index contributed by atoms with van der Waals surface area (Å²) in [6.45, 7) is 12.6. The smallest absolute Gasteiger partial charge is 0.172 e. The summed E-state index contributed by atoms with van der Waals surface area (Å²) in [5.41, 5.74) is 0.196. The Bertz CT molecular complexity index is 484. The molecule has 0 bridgehead atoms. The van der Waals surface area contributed by atoms with Gasteiger partial charge in [-0.05, 0) is 17.9 Å². The lowest BCUT2D eigenvalue weighted by Crippen LogP contribution is -2.22. The Morgan fingerprint density at radius 1 is 1.25 bits per heavy atom. The van der Waals surface area contributed by atoms with E-state index in [0.29, 0.717) is 17.9 Å². The van der Waals surface area contributed by atoms with Crippen LogP contribution < -0.4 is 4.74 Å². The van der Waals surface area contributed by atoms with Crippen LogP contribution in [0.15, 0.2) is 12.3 Å². The van der Waals surface area contributed by atoms with E-state index in [1.54, 1.807) is 6.07 Å². The molecule has 1 aromatic rings. The Morgan fingerprint density at radius 3 is 2.35 bits per heavy atom. The third-order valence-electron chi connectivity index (χ3n) is 2.89. The number of hydrogen-bond donors (Lipinski definition) is 0. The van der Waals surface area contributed by atoms with Crippen LogP contribution >= 0.6 is 11.6 Å². The van der Waals surface area contributed by atoms with Gasteiger partial charge < -0.3 is 4.74 Å². The minimum absolute atomic E-state index is 0.00700. The van der Waals surface area contributed by atoms with Crippen molar-refractivity contribution in [2.75, 3.05) is 6.61 Å². The first-order valence-corrected chi connectivity index (χ1v) is 7.22. The van der Waals surface area contributed by atoms with Crippen LogP contribution in [0.3, 0.4) is 0 Å². The maximum atomic E-state index is 12.4. The van der Waals surface area contributed by atoms with E-state index in [0.717, 1.165) is 6.42 Å². The Hall–Kier alpha value is -1.09. The Kier molecular flexibility index (Phi) is 5.20. The zero-order valence-corrected chi connectivity index (χ0v) is 14.0. The van der Waals surface area contributed by atoms with Gasteiger partial charge in [0.15, 0.2) is 16.7 Å². The van der Waals surface area contributed by atoms with Crippen molar-refractivity contribution in [1.29, 1.82) is 0 Å². The molecule has 1 heterocycles. The average Bonchev–Trinajstić information content (AvgIpc) is 2.27. The fourth-order valence-corrected chi connectivity index (χ4v) is 1.81. The number of halogens is 1. The highest BCUT2D eigenvalue weighted by Gasteiger charge is 2.27. The first-order valence-electron chi connectivity index (χ1n) is 6.84. The predicted octanol–water partition coefficient (Wildman–Crippen LogP) is 4.78. The molecule has 1 rings (SSSR count). The van der Waals surface area contributed by atoms with E-state index in [-0.39, 0.29) is 16.4 Å². The molecule has 0 aromatic carbocycles. The molecule has 0 radical (unpaired) electrons. The highest BCUT2D eigenvalue weighted by atomic mass is 35.5. The summed E-state index contributed by atoms with van der Waals surface area (Å²) in [7, 11) is 0. The molecule has 20 heavy (non-hydrogen) atoms. The lowest BCUT2D eigenvalue weighted by molar-refractivity contribution is 0.0853. The van der Waals surface area contributed by atoms with E-state index in [9.17, 15) is 4.79 Å². The second-order valence-electron chi connectivity index (χ2n) is 7.22. The number of carbonyl (C=O) groups is 1. The second-order valence-corrected chi connectivity index (χ2v) is 7.57. The highest BCUT2D eigenvalue weighted by molar-refractivity contribution is 6.31. The number of ketones is 1. The van der Waals surface area contributed by atoms with Crippen LogP contribution in [0.1, 0.15) is 58.3 Å². The van der Waals surface area contributed by atoms with Gasteiger partial charge in [-0.3, -0.25) is 4.79 Å². The molecule has 0 aliphatic carbocycles. The Morgan fingerprint density at radius 2 is 1.85 bits per heavy atom. The van der Waals surface area contributed by atoms with Gasteiger partial charge in [-0.15, -0.1) is 0 Å². The fraction of sp³-hybridized carbons (Fsp3) is 0.625. The normalized spacial score (nSPS) is 12.3. The monoisotopic (exact) mass is 297 g/mol. The number of ether oxygens (including phenoxy) is 1. The van der Waals surface area contributed by atoms with Crippen molar-refractivity contribution in [2.24, 2.45) is 10.8 Å². The maximum Gasteiger partial charge on any atom is 0.172 e. The number of carbonyl (C=O) groups excluding carboxylic acids is 1. The molecule has 0 aliphatic rings. The lowest BCUT2D eigenvalue weighted by atomic mass is 9.86. The van der Waals surface area contributed by atoms with Crippen molar-refractivity contribution < 1.29 is 9.53 Å². The van der Waals surface area contributed by atoms with Gasteiger partial charge in [-0.1, -0.05) is 53.1 Å². The molecule has 0 aliphatic heterocycles. The molecular formula is C16H24ClNO2. The summed E-state index contributed by atoms with van der Waals surface area (Å²) in [6.07, 6.45) is 2.42. The standard InChI is InChI=1S/C16H24ClNO2/c1-15(2,3)8-10-20-12-11(7-9-18-14(12)17)13(19)16(4,5)6/h7,9H,8,10H2,1-6H3. The van der Waals surface area contributed by atoms with E-state index in [1.807, 2.05) is 20.8 Å². The summed E-state index contributed by atoms with van der Waals surface area (Å²) < 4.78 is 5.74. The van der Waals surface area contributed by atoms with Crippen LogP contribution in [0.2, 0.25) is 5.15 Å². The zero-order chi connectivity index (χ0) is 15.6. The van der Waals surface area contributed by atoms with Crippen molar-refractivity contribution in [3.8, 4) is 5.75 Å². The average molecular weight is 298 g/mol. The van der Waals surface area contributed by atoms with Crippen LogP contribution in [-0.4, -0.2) is 17.4 Å². The van der Waals surface area contributed by atoms with Gasteiger partial charge in [0.1, 0.15) is 0 Å². The molecule has 0 spiro atoms. The lowest BCUT2D eigenvalue weighted by Gasteiger charge is -2.21. The zero-order valence-electron chi connectivity index (χ0n) is 13.2. The van der Waals surface area contributed by atoms with Crippen molar-refractivity contribution in [3.05, 3.63) is 23.0 Å². The number of aromatic nitrogens is 1. The van der Waals surface area contributed by atoms with Gasteiger partial charge in [0, 0.05) is 11.6 Å². The summed E-state index contributed by atoms with van der Waals surface area (Å²) in [5.74, 6) is 0.408. The van der Waals surface area contributed by atoms with Crippen LogP contribution in [0.5, 0.6) is 5.75 Å². The van der Waals surface area contributed by atoms with Gasteiger partial charge in [0.2, 0.25) is 0 Å². The molecule has 0 fully saturated rings. The molecule has 0 unspecified atom stereocenters. The molecule has 0 atom stereocenters. The summed E-state index contributed by atoms with van der Waals surface area (Å²) in [5, 5.41) is 0.244. The molecule has 0 saturated carbocycles. The Balaban J connectivity index is 2.98. The second kappa shape index (κ2) is 6.13. The number of pyridine rings is 1. The maximum absolute atomic E-state index is 12.4. The first kappa shape index (κ1) is 17.0. The number of nitrogens with zero attached hydrogens (tertiary/aromatic N) is 1. The van der Waals surface area contributed by atoms with Crippen LogP contribution in [0.25, 0.3) is 0 Å². The Labute approximate surface area is 126 Å². The molecule has 4 heteroatoms. The largest absolute Gasteiger partial charge is 0.490 e. The first-order chi connectivity index (χ1) is 9.02. The fourth-order valence-electron chi connectivity index (χ4n) is 1.60. The van der Waals surface area contributed by atoms with Crippen molar-refractivity contribution in [2.45, 2.75) is 48.0 Å². The van der Waals surface area contributed by atoms with E-state index in [2.05, 4.69) is 25.8 Å². The summed E-state index contributed by atoms with van der Waals surface area (Å²) >= 11 is 6.09. The number of Topliss-reactive ketones (excluding diaryl/α,β-unsaturated/α-hetero) is 1. The third kappa shape index (κ3) is 4.78. The van der Waals surface area contributed by atoms with E-state index in [1.165, 1.54) is 6.20 Å². The molecular weight excluding hydrogens is 274 g/mol. The molecule has 0 saturated heterocycles. The molecule has 0 amide bonds. The predicted molar refractivity (Wildman–Crippen MR) is 82.6 cm³/mol. The minimum atomic E-state index is -0.479. The highest BCUT2D eigenvalue weighted by Crippen LogP contribution is 2.32. The van der Waals surface area contributed by atoms with Crippen molar-refractivity contribution >= 4 is 17.4 Å². The SMILES string of the molecule is CC(C)(C)CCOc1c(C(=O)C(C)(C)C)ccnc1Cl. The minimum Gasteiger partial charge on any atom is -0.490 e. The van der Waals surface area contributed by atoms with Gasteiger partial charge in [-0.2, -0.15) is 0 Å². The van der Waals surface area contributed by atoms with E-state index < -0.39 is 5.41 Å². The summed E-state index contributed by atoms with van der Waals surface area (Å²) in [6, 6.07) is 1.67. The molecule has 3 nitrogen and oxygen atoms in total. The number of hydrogen-bond acceptors (Lipinski definition) is 3. The van der Waals surface area contributed by atoms with Crippen LogP contribution in [0.4, 0.5) is 0 Å². The summed E-state index contributed by atoms with van der Waals surface area (Å²) in [4.78, 5) is 16.4. The van der Waals surface area contributed by atoms with Crippen LogP contribution in [0, 0.1) is 10.8 Å². The van der Waals surface area contributed by atoms with Crippen molar-refractivity contribution in [1.82, 2.24) is 4.98 Å². The topological polar surface area (TPSA) is 39.2 Å². The van der Waals surface area contributed by atoms with Gasteiger partial charge >= 0.3 is 0 Å². The van der Waals surface area contributed by atoms with Gasteiger partial charge in [0.05, 0.1) is 12.2 Å². The quantitative estimate of drug-likeness (QED) is 0.593. The van der Waals surface area contributed by atoms with Crippen molar-refractivity contribution in [3.63, 3.8) is 0 Å². The molecule has 0 N–H and O–H groups in total. The molecule has 1 aromatic heterocycles. The molecule has 112 valence electrons. The van der Waals surface area contributed by atoms with E-state index >= 15 is 0 Å².